The van der Waals surface area contributed by atoms with Crippen LogP contribution in [0.4, 0.5) is 0 Å². The molecule has 0 aliphatic carbocycles. The molecule has 2 aromatic carbocycles. The minimum atomic E-state index is -3.86. The molecule has 0 bridgehead atoms. The summed E-state index contributed by atoms with van der Waals surface area (Å²) in [6, 6.07) is 11.8. The molecule has 2 N–H and O–H groups in total. The molecule has 1 unspecified atom stereocenters. The summed E-state index contributed by atoms with van der Waals surface area (Å²) in [7, 11) is -3.86. The SMILES string of the molecule is Cc1ccc(C(CNS(=O)(=O)c2cc(Cl)ccc2Cl)OCCO)cc1. The third-order valence-electron chi connectivity index (χ3n) is 3.50. The molecule has 136 valence electrons. The molecule has 0 aliphatic rings. The van der Waals surface area contributed by atoms with Gasteiger partial charge in [-0.15, -0.1) is 0 Å². The molecule has 1 atom stereocenters. The highest BCUT2D eigenvalue weighted by atomic mass is 35.5. The number of halogens is 2. The molecule has 0 heterocycles. The summed E-state index contributed by atoms with van der Waals surface area (Å²) in [6.07, 6.45) is -0.541. The first-order valence-electron chi connectivity index (χ1n) is 7.57. The van der Waals surface area contributed by atoms with Crippen molar-refractivity contribution in [2.45, 2.75) is 17.9 Å². The first-order chi connectivity index (χ1) is 11.8. The Kier molecular flexibility index (Phi) is 7.25. The van der Waals surface area contributed by atoms with E-state index in [1.807, 2.05) is 31.2 Å². The van der Waals surface area contributed by atoms with Crippen molar-refractivity contribution in [3.05, 3.63) is 63.6 Å². The zero-order valence-electron chi connectivity index (χ0n) is 13.6. The van der Waals surface area contributed by atoms with Gasteiger partial charge in [0, 0.05) is 11.6 Å². The van der Waals surface area contributed by atoms with E-state index in [1.165, 1.54) is 18.2 Å². The summed E-state index contributed by atoms with van der Waals surface area (Å²) < 4.78 is 33.1. The lowest BCUT2D eigenvalue weighted by atomic mass is 10.1. The summed E-state index contributed by atoms with van der Waals surface area (Å²) in [5, 5.41) is 9.34. The van der Waals surface area contributed by atoms with E-state index in [-0.39, 0.29) is 34.7 Å². The highest BCUT2D eigenvalue weighted by Gasteiger charge is 2.21. The third kappa shape index (κ3) is 5.67. The lowest BCUT2D eigenvalue weighted by Crippen LogP contribution is -2.30. The van der Waals surface area contributed by atoms with Gasteiger partial charge in [0.15, 0.2) is 0 Å². The molecule has 0 radical (unpaired) electrons. The van der Waals surface area contributed by atoms with Crippen LogP contribution in [0.25, 0.3) is 0 Å². The number of nitrogens with one attached hydrogen (secondary N) is 1. The molecular weight excluding hydrogens is 385 g/mol. The third-order valence-corrected chi connectivity index (χ3v) is 5.64. The van der Waals surface area contributed by atoms with E-state index in [9.17, 15) is 8.42 Å². The summed E-state index contributed by atoms with van der Waals surface area (Å²) >= 11 is 11.8. The van der Waals surface area contributed by atoms with Crippen LogP contribution in [0.1, 0.15) is 17.2 Å². The van der Waals surface area contributed by atoms with Gasteiger partial charge < -0.3 is 9.84 Å². The lowest BCUT2D eigenvalue weighted by molar-refractivity contribution is 0.0309. The summed E-state index contributed by atoms with van der Waals surface area (Å²) in [5.41, 5.74) is 1.88. The van der Waals surface area contributed by atoms with Crippen LogP contribution in [0.5, 0.6) is 0 Å². The van der Waals surface area contributed by atoms with E-state index in [0.717, 1.165) is 11.1 Å². The average Bonchev–Trinajstić information content (AvgIpc) is 2.58. The van der Waals surface area contributed by atoms with E-state index < -0.39 is 16.1 Å². The molecule has 2 rings (SSSR count). The van der Waals surface area contributed by atoms with Crippen LogP contribution in [0.2, 0.25) is 10.0 Å². The maximum absolute atomic E-state index is 12.5. The van der Waals surface area contributed by atoms with Crippen molar-refractivity contribution in [2.24, 2.45) is 0 Å². The first kappa shape index (κ1) is 20.2. The van der Waals surface area contributed by atoms with E-state index in [0.29, 0.717) is 0 Å². The molecule has 0 spiro atoms. The van der Waals surface area contributed by atoms with Crippen molar-refractivity contribution in [3.8, 4) is 0 Å². The Labute approximate surface area is 157 Å². The minimum absolute atomic E-state index is 0.00572. The standard InChI is InChI=1S/C17H19Cl2NO4S/c1-12-2-4-13(5-3-12)16(24-9-8-21)11-20-25(22,23)17-10-14(18)6-7-15(17)19/h2-7,10,16,20-21H,8-9,11H2,1H3. The fourth-order valence-corrected chi connectivity index (χ4v) is 3.99. The Morgan fingerprint density at radius 2 is 1.84 bits per heavy atom. The van der Waals surface area contributed by atoms with Crippen molar-refractivity contribution in [1.82, 2.24) is 4.72 Å². The van der Waals surface area contributed by atoms with E-state index in [4.69, 9.17) is 33.0 Å². The molecule has 0 amide bonds. The zero-order chi connectivity index (χ0) is 18.4. The number of hydrogen-bond acceptors (Lipinski definition) is 4. The summed E-state index contributed by atoms with van der Waals surface area (Å²) in [6.45, 7) is 1.89. The fourth-order valence-electron chi connectivity index (χ4n) is 2.20. The molecule has 5 nitrogen and oxygen atoms in total. The van der Waals surface area contributed by atoms with Gasteiger partial charge in [-0.1, -0.05) is 53.0 Å². The topological polar surface area (TPSA) is 75.6 Å². The largest absolute Gasteiger partial charge is 0.394 e. The number of aliphatic hydroxyl groups is 1. The number of rotatable bonds is 8. The van der Waals surface area contributed by atoms with E-state index >= 15 is 0 Å². The Morgan fingerprint density at radius 3 is 2.48 bits per heavy atom. The summed E-state index contributed by atoms with van der Waals surface area (Å²) in [4.78, 5) is -0.0912. The smallest absolute Gasteiger partial charge is 0.242 e. The van der Waals surface area contributed by atoms with Crippen LogP contribution in [0.3, 0.4) is 0 Å². The second-order valence-corrected chi connectivity index (χ2v) is 8.00. The maximum Gasteiger partial charge on any atom is 0.242 e. The molecule has 0 saturated heterocycles. The molecular formula is C17H19Cl2NO4S. The Morgan fingerprint density at radius 1 is 1.16 bits per heavy atom. The van der Waals surface area contributed by atoms with Gasteiger partial charge in [0.25, 0.3) is 0 Å². The molecule has 0 saturated carbocycles. The predicted molar refractivity (Wildman–Crippen MR) is 98.6 cm³/mol. The number of hydrogen-bond donors (Lipinski definition) is 2. The molecule has 25 heavy (non-hydrogen) atoms. The van der Waals surface area contributed by atoms with Crippen LogP contribution in [0, 0.1) is 6.92 Å². The molecule has 0 aliphatic heterocycles. The summed E-state index contributed by atoms with van der Waals surface area (Å²) in [5.74, 6) is 0. The van der Waals surface area contributed by atoms with Gasteiger partial charge >= 0.3 is 0 Å². The van der Waals surface area contributed by atoms with Crippen LogP contribution >= 0.6 is 23.2 Å². The van der Waals surface area contributed by atoms with Gasteiger partial charge in [0.2, 0.25) is 10.0 Å². The van der Waals surface area contributed by atoms with Crippen molar-refractivity contribution in [2.75, 3.05) is 19.8 Å². The van der Waals surface area contributed by atoms with Crippen molar-refractivity contribution >= 4 is 33.2 Å². The normalized spacial score (nSPS) is 13.0. The van der Waals surface area contributed by atoms with Gasteiger partial charge in [0.1, 0.15) is 4.90 Å². The van der Waals surface area contributed by atoms with Gasteiger partial charge in [-0.05, 0) is 30.7 Å². The van der Waals surface area contributed by atoms with Gasteiger partial charge in [0.05, 0.1) is 24.3 Å². The Hall–Kier alpha value is -1.15. The van der Waals surface area contributed by atoms with Crippen LogP contribution < -0.4 is 4.72 Å². The monoisotopic (exact) mass is 403 g/mol. The molecule has 2 aromatic rings. The number of aryl methyl sites for hydroxylation is 1. The van der Waals surface area contributed by atoms with E-state index in [2.05, 4.69) is 4.72 Å². The second-order valence-electron chi connectivity index (χ2n) is 5.42. The maximum atomic E-state index is 12.5. The Balaban J connectivity index is 2.18. The minimum Gasteiger partial charge on any atom is -0.394 e. The van der Waals surface area contributed by atoms with Gasteiger partial charge in [-0.25, -0.2) is 13.1 Å². The fraction of sp³-hybridized carbons (Fsp3) is 0.294. The highest BCUT2D eigenvalue weighted by Crippen LogP contribution is 2.25. The quantitative estimate of drug-likeness (QED) is 0.708. The molecule has 8 heteroatoms. The zero-order valence-corrected chi connectivity index (χ0v) is 15.9. The van der Waals surface area contributed by atoms with Gasteiger partial charge in [-0.3, -0.25) is 0 Å². The van der Waals surface area contributed by atoms with Crippen molar-refractivity contribution < 1.29 is 18.3 Å². The van der Waals surface area contributed by atoms with Crippen LogP contribution in [-0.2, 0) is 14.8 Å². The van der Waals surface area contributed by atoms with Gasteiger partial charge in [-0.2, -0.15) is 0 Å². The average molecular weight is 404 g/mol. The second kappa shape index (κ2) is 8.98. The number of ether oxygens (including phenoxy) is 1. The molecule has 0 aromatic heterocycles. The highest BCUT2D eigenvalue weighted by molar-refractivity contribution is 7.89. The van der Waals surface area contributed by atoms with Crippen molar-refractivity contribution in [3.63, 3.8) is 0 Å². The number of sulfonamides is 1. The lowest BCUT2D eigenvalue weighted by Gasteiger charge is -2.19. The van der Waals surface area contributed by atoms with Crippen LogP contribution in [-0.4, -0.2) is 33.3 Å². The van der Waals surface area contributed by atoms with Crippen molar-refractivity contribution in [1.29, 1.82) is 0 Å². The first-order valence-corrected chi connectivity index (χ1v) is 9.81. The van der Waals surface area contributed by atoms with E-state index in [1.54, 1.807) is 0 Å². The Bertz CT molecular complexity index is 810. The number of benzene rings is 2. The molecule has 0 fully saturated rings. The van der Waals surface area contributed by atoms with Crippen LogP contribution in [0.15, 0.2) is 47.4 Å². The predicted octanol–water partition coefficient (Wildman–Crippen LogP) is 3.33. The number of aliphatic hydroxyl groups excluding tert-OH is 1.